The Hall–Kier alpha value is -0.120. The standard InChI is InChI=1S/C9H19NO2/c1-7(2)4-10-5-9(12)3-8(10)6-11/h7-9,11-12H,3-6H2,1-2H3. The van der Waals surface area contributed by atoms with Crippen LogP contribution in [0.5, 0.6) is 0 Å². The number of rotatable bonds is 3. The van der Waals surface area contributed by atoms with E-state index in [4.69, 9.17) is 5.11 Å². The summed E-state index contributed by atoms with van der Waals surface area (Å²) in [4.78, 5) is 2.18. The second-order valence-electron chi connectivity index (χ2n) is 4.07. The van der Waals surface area contributed by atoms with Crippen molar-refractivity contribution in [3.05, 3.63) is 0 Å². The Labute approximate surface area is 74.0 Å². The van der Waals surface area contributed by atoms with Crippen molar-refractivity contribution in [1.29, 1.82) is 0 Å². The molecule has 0 amide bonds. The van der Waals surface area contributed by atoms with Crippen LogP contribution in [0.15, 0.2) is 0 Å². The molecule has 0 aliphatic carbocycles. The molecule has 0 saturated carbocycles. The van der Waals surface area contributed by atoms with Crippen molar-refractivity contribution in [2.24, 2.45) is 5.92 Å². The molecule has 0 radical (unpaired) electrons. The molecular formula is C9H19NO2. The zero-order valence-corrected chi connectivity index (χ0v) is 7.90. The molecule has 2 atom stereocenters. The zero-order chi connectivity index (χ0) is 9.14. The predicted molar refractivity (Wildman–Crippen MR) is 47.9 cm³/mol. The van der Waals surface area contributed by atoms with Crippen LogP contribution in [-0.4, -0.2) is 47.0 Å². The largest absolute Gasteiger partial charge is 0.395 e. The van der Waals surface area contributed by atoms with Gasteiger partial charge in [-0.25, -0.2) is 0 Å². The second-order valence-corrected chi connectivity index (χ2v) is 4.07. The van der Waals surface area contributed by atoms with Gasteiger partial charge in [0.25, 0.3) is 0 Å². The van der Waals surface area contributed by atoms with Crippen molar-refractivity contribution in [3.63, 3.8) is 0 Å². The summed E-state index contributed by atoms with van der Waals surface area (Å²) >= 11 is 0. The number of β-amino-alcohol motifs (C(OH)–C–C–N with tert-alkyl or cyclic N) is 1. The Bertz CT molecular complexity index is 138. The summed E-state index contributed by atoms with van der Waals surface area (Å²) in [5, 5.41) is 18.4. The first-order valence-electron chi connectivity index (χ1n) is 4.66. The summed E-state index contributed by atoms with van der Waals surface area (Å²) < 4.78 is 0. The predicted octanol–water partition coefficient (Wildman–Crippen LogP) is 0.0699. The molecule has 1 aliphatic heterocycles. The van der Waals surface area contributed by atoms with Crippen LogP contribution in [0.3, 0.4) is 0 Å². The SMILES string of the molecule is CC(C)CN1CC(O)CC1CO. The smallest absolute Gasteiger partial charge is 0.0683 e. The molecule has 0 aromatic rings. The van der Waals surface area contributed by atoms with E-state index in [1.165, 1.54) is 0 Å². The van der Waals surface area contributed by atoms with E-state index in [0.29, 0.717) is 5.92 Å². The highest BCUT2D eigenvalue weighted by Crippen LogP contribution is 2.18. The second kappa shape index (κ2) is 4.21. The van der Waals surface area contributed by atoms with Crippen molar-refractivity contribution in [3.8, 4) is 0 Å². The molecule has 1 aliphatic rings. The van der Waals surface area contributed by atoms with E-state index in [1.807, 2.05) is 0 Å². The number of hydrogen-bond donors (Lipinski definition) is 2. The van der Waals surface area contributed by atoms with Crippen molar-refractivity contribution in [2.45, 2.75) is 32.4 Å². The van der Waals surface area contributed by atoms with Gasteiger partial charge in [-0.1, -0.05) is 13.8 Å². The van der Waals surface area contributed by atoms with Gasteiger partial charge in [-0.3, -0.25) is 4.90 Å². The van der Waals surface area contributed by atoms with Gasteiger partial charge >= 0.3 is 0 Å². The summed E-state index contributed by atoms with van der Waals surface area (Å²) in [6, 6.07) is 0.183. The Balaban J connectivity index is 2.40. The van der Waals surface area contributed by atoms with Gasteiger partial charge in [0.05, 0.1) is 12.7 Å². The van der Waals surface area contributed by atoms with Gasteiger partial charge in [0.15, 0.2) is 0 Å². The van der Waals surface area contributed by atoms with Gasteiger partial charge in [-0.05, 0) is 12.3 Å². The maximum absolute atomic E-state index is 9.36. The highest BCUT2D eigenvalue weighted by Gasteiger charge is 2.30. The van der Waals surface area contributed by atoms with Crippen LogP contribution < -0.4 is 0 Å². The molecule has 1 heterocycles. The Kier molecular flexibility index (Phi) is 3.50. The molecule has 72 valence electrons. The molecule has 3 nitrogen and oxygen atoms in total. The number of nitrogens with zero attached hydrogens (tertiary/aromatic N) is 1. The third-order valence-electron chi connectivity index (χ3n) is 2.32. The minimum Gasteiger partial charge on any atom is -0.395 e. The van der Waals surface area contributed by atoms with E-state index < -0.39 is 0 Å². The van der Waals surface area contributed by atoms with Crippen LogP contribution in [-0.2, 0) is 0 Å². The lowest BCUT2D eigenvalue weighted by Crippen LogP contribution is -2.35. The summed E-state index contributed by atoms with van der Waals surface area (Å²) in [6.07, 6.45) is 0.490. The van der Waals surface area contributed by atoms with Crippen molar-refractivity contribution in [1.82, 2.24) is 4.90 Å². The fourth-order valence-corrected chi connectivity index (χ4v) is 1.84. The quantitative estimate of drug-likeness (QED) is 0.635. The lowest BCUT2D eigenvalue weighted by Gasteiger charge is -2.23. The van der Waals surface area contributed by atoms with E-state index in [1.54, 1.807) is 0 Å². The van der Waals surface area contributed by atoms with Crippen LogP contribution in [0, 0.1) is 5.92 Å². The molecule has 0 spiro atoms. The highest BCUT2D eigenvalue weighted by atomic mass is 16.3. The zero-order valence-electron chi connectivity index (χ0n) is 7.90. The van der Waals surface area contributed by atoms with Crippen LogP contribution in [0.25, 0.3) is 0 Å². The van der Waals surface area contributed by atoms with Crippen molar-refractivity contribution < 1.29 is 10.2 Å². The molecule has 3 heteroatoms. The number of aliphatic hydroxyl groups is 2. The van der Waals surface area contributed by atoms with Gasteiger partial charge in [-0.2, -0.15) is 0 Å². The first kappa shape index (κ1) is 9.96. The molecule has 1 saturated heterocycles. The van der Waals surface area contributed by atoms with Gasteiger partial charge in [0.2, 0.25) is 0 Å². The molecule has 0 bridgehead atoms. The van der Waals surface area contributed by atoms with Crippen LogP contribution in [0.4, 0.5) is 0 Å². The maximum atomic E-state index is 9.36. The van der Waals surface area contributed by atoms with E-state index in [9.17, 15) is 5.11 Å². The maximum Gasteiger partial charge on any atom is 0.0683 e. The lowest BCUT2D eigenvalue weighted by molar-refractivity contribution is 0.143. The van der Waals surface area contributed by atoms with E-state index >= 15 is 0 Å². The summed E-state index contributed by atoms with van der Waals surface area (Å²) in [5.74, 6) is 0.601. The van der Waals surface area contributed by atoms with Crippen molar-refractivity contribution >= 4 is 0 Å². The average molecular weight is 173 g/mol. The number of hydrogen-bond acceptors (Lipinski definition) is 3. The average Bonchev–Trinajstić information content (AvgIpc) is 2.29. The first-order valence-corrected chi connectivity index (χ1v) is 4.66. The third kappa shape index (κ3) is 2.44. The molecular weight excluding hydrogens is 154 g/mol. The summed E-state index contributed by atoms with van der Waals surface area (Å²) in [7, 11) is 0. The van der Waals surface area contributed by atoms with Crippen LogP contribution >= 0.6 is 0 Å². The minimum atomic E-state index is -0.235. The topological polar surface area (TPSA) is 43.7 Å². The van der Waals surface area contributed by atoms with Gasteiger partial charge in [0.1, 0.15) is 0 Å². The molecule has 2 N–H and O–H groups in total. The first-order chi connectivity index (χ1) is 5.63. The molecule has 2 unspecified atom stereocenters. The van der Waals surface area contributed by atoms with Gasteiger partial charge in [-0.15, -0.1) is 0 Å². The highest BCUT2D eigenvalue weighted by molar-refractivity contribution is 4.84. The minimum absolute atomic E-state index is 0.170. The van der Waals surface area contributed by atoms with Crippen LogP contribution in [0.2, 0.25) is 0 Å². The Morgan fingerprint density at radius 2 is 2.17 bits per heavy atom. The van der Waals surface area contributed by atoms with E-state index in [2.05, 4.69) is 18.7 Å². The monoisotopic (exact) mass is 173 g/mol. The number of aliphatic hydroxyl groups excluding tert-OH is 2. The summed E-state index contributed by atoms with van der Waals surface area (Å²) in [5.41, 5.74) is 0. The molecule has 0 aromatic carbocycles. The van der Waals surface area contributed by atoms with Crippen LogP contribution in [0.1, 0.15) is 20.3 Å². The normalized spacial score (nSPS) is 31.8. The van der Waals surface area contributed by atoms with Crippen molar-refractivity contribution in [2.75, 3.05) is 19.7 Å². The molecule has 1 fully saturated rings. The fraction of sp³-hybridized carbons (Fsp3) is 1.00. The van der Waals surface area contributed by atoms with E-state index in [-0.39, 0.29) is 18.8 Å². The van der Waals surface area contributed by atoms with Gasteiger partial charge < -0.3 is 10.2 Å². The van der Waals surface area contributed by atoms with E-state index in [0.717, 1.165) is 19.5 Å². The Morgan fingerprint density at radius 3 is 2.67 bits per heavy atom. The van der Waals surface area contributed by atoms with Gasteiger partial charge in [0, 0.05) is 19.1 Å². The number of likely N-dealkylation sites (tertiary alicyclic amines) is 1. The Morgan fingerprint density at radius 1 is 1.50 bits per heavy atom. The fourth-order valence-electron chi connectivity index (χ4n) is 1.84. The molecule has 0 aromatic heterocycles. The third-order valence-corrected chi connectivity index (χ3v) is 2.32. The molecule has 1 rings (SSSR count). The molecule has 12 heavy (non-hydrogen) atoms. The summed E-state index contributed by atoms with van der Waals surface area (Å²) in [6.45, 7) is 6.17. The lowest BCUT2D eigenvalue weighted by atomic mass is 10.2.